The third kappa shape index (κ3) is 2.61. The third-order valence-electron chi connectivity index (χ3n) is 3.90. The predicted octanol–water partition coefficient (Wildman–Crippen LogP) is 2.02. The van der Waals surface area contributed by atoms with E-state index in [1.165, 1.54) is 32.4 Å². The molecule has 1 aliphatic heterocycles. The van der Waals surface area contributed by atoms with Crippen molar-refractivity contribution >= 4 is 0 Å². The summed E-state index contributed by atoms with van der Waals surface area (Å²) >= 11 is 0. The molecular weight excluding hydrogens is 184 g/mol. The first kappa shape index (κ1) is 11.2. The van der Waals surface area contributed by atoms with Crippen molar-refractivity contribution in [1.82, 2.24) is 10.2 Å². The van der Waals surface area contributed by atoms with Crippen LogP contribution >= 0.6 is 0 Å². The lowest BCUT2D eigenvalue weighted by molar-refractivity contribution is 0.109. The van der Waals surface area contributed by atoms with Gasteiger partial charge in [-0.15, -0.1) is 0 Å². The van der Waals surface area contributed by atoms with E-state index >= 15 is 0 Å². The van der Waals surface area contributed by atoms with Gasteiger partial charge < -0.3 is 5.32 Å². The lowest BCUT2D eigenvalue weighted by atomic mass is 9.92. The van der Waals surface area contributed by atoms with Gasteiger partial charge in [-0.05, 0) is 38.3 Å². The van der Waals surface area contributed by atoms with Crippen molar-refractivity contribution in [3.8, 4) is 0 Å². The van der Waals surface area contributed by atoms with Crippen LogP contribution in [0.5, 0.6) is 0 Å². The lowest BCUT2D eigenvalue weighted by Gasteiger charge is -2.40. The van der Waals surface area contributed by atoms with Crippen LogP contribution in [0.3, 0.4) is 0 Å². The van der Waals surface area contributed by atoms with Crippen LogP contribution in [-0.4, -0.2) is 36.6 Å². The Balaban J connectivity index is 1.82. The highest BCUT2D eigenvalue weighted by Crippen LogP contribution is 2.24. The molecule has 2 aliphatic rings. The number of rotatable bonds is 3. The van der Waals surface area contributed by atoms with Crippen LogP contribution in [0.4, 0.5) is 0 Å². The largest absolute Gasteiger partial charge is 0.314 e. The van der Waals surface area contributed by atoms with Crippen LogP contribution < -0.4 is 5.32 Å². The molecule has 2 atom stereocenters. The topological polar surface area (TPSA) is 15.3 Å². The highest BCUT2D eigenvalue weighted by Gasteiger charge is 2.29. The second kappa shape index (κ2) is 5.13. The molecule has 15 heavy (non-hydrogen) atoms. The summed E-state index contributed by atoms with van der Waals surface area (Å²) in [5, 5.41) is 3.60. The quantitative estimate of drug-likeness (QED) is 0.714. The van der Waals surface area contributed by atoms with E-state index in [9.17, 15) is 0 Å². The standard InChI is InChI=1S/C13H24N2/c1-3-14-13-8-9-15(10-11(13)2)12-6-4-5-7-12/h4-5,11-14H,3,6-10H2,1-2H3. The Morgan fingerprint density at radius 2 is 2.07 bits per heavy atom. The second-order valence-corrected chi connectivity index (χ2v) is 5.02. The highest BCUT2D eigenvalue weighted by molar-refractivity contribution is 5.00. The van der Waals surface area contributed by atoms with Crippen molar-refractivity contribution in [2.75, 3.05) is 19.6 Å². The van der Waals surface area contributed by atoms with E-state index in [-0.39, 0.29) is 0 Å². The Kier molecular flexibility index (Phi) is 3.81. The van der Waals surface area contributed by atoms with Crippen LogP contribution in [0, 0.1) is 5.92 Å². The molecule has 2 heteroatoms. The fourth-order valence-electron chi connectivity index (χ4n) is 2.98. The molecule has 0 spiro atoms. The van der Waals surface area contributed by atoms with E-state index in [0.717, 1.165) is 24.5 Å². The molecule has 2 rings (SSSR count). The molecule has 1 fully saturated rings. The predicted molar refractivity (Wildman–Crippen MR) is 65.0 cm³/mol. The first-order chi connectivity index (χ1) is 7.31. The van der Waals surface area contributed by atoms with Crippen LogP contribution in [-0.2, 0) is 0 Å². The van der Waals surface area contributed by atoms with Gasteiger partial charge in [-0.2, -0.15) is 0 Å². The summed E-state index contributed by atoms with van der Waals surface area (Å²) in [6, 6.07) is 1.57. The fourth-order valence-corrected chi connectivity index (χ4v) is 2.98. The molecule has 86 valence electrons. The second-order valence-electron chi connectivity index (χ2n) is 5.02. The van der Waals surface area contributed by atoms with Gasteiger partial charge in [0.15, 0.2) is 0 Å². The third-order valence-corrected chi connectivity index (χ3v) is 3.90. The Hall–Kier alpha value is -0.340. The molecule has 0 bridgehead atoms. The number of hydrogen-bond donors (Lipinski definition) is 1. The van der Waals surface area contributed by atoms with Gasteiger partial charge in [0.05, 0.1) is 0 Å². The van der Waals surface area contributed by atoms with Gasteiger partial charge in [0.1, 0.15) is 0 Å². The SMILES string of the molecule is CCNC1CCN(C2CC=CC2)CC1C. The number of nitrogens with one attached hydrogen (secondary N) is 1. The molecule has 0 aromatic rings. The molecule has 1 saturated heterocycles. The molecule has 0 amide bonds. The molecule has 2 nitrogen and oxygen atoms in total. The van der Waals surface area contributed by atoms with E-state index in [1.807, 2.05) is 0 Å². The van der Waals surface area contributed by atoms with Gasteiger partial charge in [-0.25, -0.2) is 0 Å². The fraction of sp³-hybridized carbons (Fsp3) is 0.846. The zero-order valence-corrected chi connectivity index (χ0v) is 10.1. The van der Waals surface area contributed by atoms with Crippen molar-refractivity contribution in [2.24, 2.45) is 5.92 Å². The minimum atomic E-state index is 0.751. The summed E-state index contributed by atoms with van der Waals surface area (Å²) in [6.07, 6.45) is 8.56. The van der Waals surface area contributed by atoms with Gasteiger partial charge in [0, 0.05) is 18.6 Å². The van der Waals surface area contributed by atoms with Gasteiger partial charge in [-0.3, -0.25) is 4.90 Å². The molecule has 0 saturated carbocycles. The van der Waals surface area contributed by atoms with Gasteiger partial charge >= 0.3 is 0 Å². The molecule has 0 aromatic heterocycles. The molecule has 1 heterocycles. The molecule has 0 radical (unpaired) electrons. The van der Waals surface area contributed by atoms with E-state index in [4.69, 9.17) is 0 Å². The van der Waals surface area contributed by atoms with Crippen LogP contribution in [0.2, 0.25) is 0 Å². The maximum atomic E-state index is 3.60. The average molecular weight is 208 g/mol. The van der Waals surface area contributed by atoms with Gasteiger partial charge in [-0.1, -0.05) is 26.0 Å². The minimum absolute atomic E-state index is 0.751. The van der Waals surface area contributed by atoms with Crippen molar-refractivity contribution in [2.45, 2.75) is 45.2 Å². The summed E-state index contributed by atoms with van der Waals surface area (Å²) in [5.41, 5.74) is 0. The Morgan fingerprint density at radius 3 is 2.67 bits per heavy atom. The van der Waals surface area contributed by atoms with E-state index in [1.54, 1.807) is 0 Å². The average Bonchev–Trinajstić information content (AvgIpc) is 2.74. The molecule has 1 N–H and O–H groups in total. The zero-order chi connectivity index (χ0) is 10.7. The van der Waals surface area contributed by atoms with Crippen molar-refractivity contribution in [3.63, 3.8) is 0 Å². The number of nitrogens with zero attached hydrogens (tertiary/aromatic N) is 1. The number of piperidine rings is 1. The van der Waals surface area contributed by atoms with Gasteiger partial charge in [0.2, 0.25) is 0 Å². The number of hydrogen-bond acceptors (Lipinski definition) is 2. The Morgan fingerprint density at radius 1 is 1.33 bits per heavy atom. The smallest absolute Gasteiger partial charge is 0.0164 e. The lowest BCUT2D eigenvalue weighted by Crippen LogP contribution is -2.50. The Bertz CT molecular complexity index is 217. The van der Waals surface area contributed by atoms with Crippen molar-refractivity contribution < 1.29 is 0 Å². The first-order valence-electron chi connectivity index (χ1n) is 6.43. The van der Waals surface area contributed by atoms with Crippen molar-refractivity contribution in [1.29, 1.82) is 0 Å². The number of likely N-dealkylation sites (tertiary alicyclic amines) is 1. The molecule has 0 aromatic carbocycles. The van der Waals surface area contributed by atoms with Crippen LogP contribution in [0.15, 0.2) is 12.2 Å². The summed E-state index contributed by atoms with van der Waals surface area (Å²) < 4.78 is 0. The van der Waals surface area contributed by atoms with Crippen molar-refractivity contribution in [3.05, 3.63) is 12.2 Å². The van der Waals surface area contributed by atoms with Gasteiger partial charge in [0.25, 0.3) is 0 Å². The molecule has 1 aliphatic carbocycles. The summed E-state index contributed by atoms with van der Waals surface area (Å²) in [7, 11) is 0. The molecule has 2 unspecified atom stereocenters. The van der Waals surface area contributed by atoms with E-state index in [2.05, 4.69) is 36.2 Å². The van der Waals surface area contributed by atoms with E-state index in [0.29, 0.717) is 0 Å². The zero-order valence-electron chi connectivity index (χ0n) is 10.1. The summed E-state index contributed by atoms with van der Waals surface area (Å²) in [5.74, 6) is 0.805. The normalized spacial score (nSPS) is 33.7. The Labute approximate surface area is 93.7 Å². The van der Waals surface area contributed by atoms with Crippen LogP contribution in [0.25, 0.3) is 0 Å². The summed E-state index contributed by atoms with van der Waals surface area (Å²) in [6.45, 7) is 8.28. The van der Waals surface area contributed by atoms with E-state index < -0.39 is 0 Å². The van der Waals surface area contributed by atoms with Crippen LogP contribution in [0.1, 0.15) is 33.1 Å². The first-order valence-corrected chi connectivity index (χ1v) is 6.43. The molecular formula is C13H24N2. The maximum Gasteiger partial charge on any atom is 0.0164 e. The minimum Gasteiger partial charge on any atom is -0.314 e. The maximum absolute atomic E-state index is 3.60. The summed E-state index contributed by atoms with van der Waals surface area (Å²) in [4.78, 5) is 2.69. The monoisotopic (exact) mass is 208 g/mol. The highest BCUT2D eigenvalue weighted by atomic mass is 15.2.